The summed E-state index contributed by atoms with van der Waals surface area (Å²) in [5, 5.41) is 3.10. The van der Waals surface area contributed by atoms with E-state index in [-0.39, 0.29) is 5.41 Å². The molecule has 20 heavy (non-hydrogen) atoms. The van der Waals surface area contributed by atoms with Crippen LogP contribution < -0.4 is 10.5 Å². The first-order valence-corrected chi connectivity index (χ1v) is 7.60. The maximum absolute atomic E-state index is 5.93. The van der Waals surface area contributed by atoms with Crippen LogP contribution in [0.2, 0.25) is 0 Å². The average Bonchev–Trinajstić information content (AvgIpc) is 2.80. The normalized spacial score (nSPS) is 11.7. The lowest BCUT2D eigenvalue weighted by Gasteiger charge is -2.14. The van der Waals surface area contributed by atoms with Crippen LogP contribution in [0.15, 0.2) is 17.5 Å². The first kappa shape index (κ1) is 14.9. The van der Waals surface area contributed by atoms with Crippen molar-refractivity contribution in [3.63, 3.8) is 0 Å². The van der Waals surface area contributed by atoms with Crippen LogP contribution in [0, 0.1) is 13.8 Å². The lowest BCUT2D eigenvalue weighted by molar-refractivity contribution is 0.303. The molecule has 3 nitrogen and oxygen atoms in total. The van der Waals surface area contributed by atoms with Crippen LogP contribution in [-0.4, -0.2) is 4.98 Å². The number of aromatic nitrogens is 1. The third-order valence-corrected chi connectivity index (χ3v) is 4.06. The minimum absolute atomic E-state index is 0.0823. The molecule has 0 amide bonds. The Kier molecular flexibility index (Phi) is 4.04. The number of aryl methyl sites for hydroxylation is 2. The molecule has 2 rings (SSSR count). The number of hydrogen-bond donors (Lipinski definition) is 1. The molecule has 0 fully saturated rings. The van der Waals surface area contributed by atoms with Gasteiger partial charge in [-0.2, -0.15) is 0 Å². The van der Waals surface area contributed by atoms with Gasteiger partial charge in [-0.05, 0) is 25.0 Å². The smallest absolute Gasteiger partial charge is 0.140 e. The van der Waals surface area contributed by atoms with Gasteiger partial charge in [0, 0.05) is 22.5 Å². The molecule has 0 saturated carbocycles. The standard InChI is InChI=1S/C16H22N2OS/c1-10-6-11(2)13(7-12(10)17)19-8-15-18-14(9-20-15)16(3,4)5/h6-7,9H,8,17H2,1-5H3. The molecule has 0 unspecified atom stereocenters. The van der Waals surface area contributed by atoms with Gasteiger partial charge in [-0.15, -0.1) is 11.3 Å². The number of nitrogen functional groups attached to an aromatic ring is 1. The lowest BCUT2D eigenvalue weighted by atomic mass is 9.93. The number of benzene rings is 1. The van der Waals surface area contributed by atoms with Crippen molar-refractivity contribution >= 4 is 17.0 Å². The van der Waals surface area contributed by atoms with Crippen molar-refractivity contribution < 1.29 is 4.74 Å². The Morgan fingerprint density at radius 2 is 1.90 bits per heavy atom. The molecular formula is C16H22N2OS. The molecule has 4 heteroatoms. The highest BCUT2D eigenvalue weighted by molar-refractivity contribution is 7.09. The van der Waals surface area contributed by atoms with Gasteiger partial charge in [0.25, 0.3) is 0 Å². The van der Waals surface area contributed by atoms with E-state index in [1.54, 1.807) is 11.3 Å². The van der Waals surface area contributed by atoms with Crippen molar-refractivity contribution in [2.75, 3.05) is 5.73 Å². The van der Waals surface area contributed by atoms with E-state index in [0.29, 0.717) is 6.61 Å². The van der Waals surface area contributed by atoms with Crippen molar-refractivity contribution in [3.8, 4) is 5.75 Å². The fourth-order valence-corrected chi connectivity index (χ4v) is 2.80. The van der Waals surface area contributed by atoms with Gasteiger partial charge in [0.15, 0.2) is 0 Å². The van der Waals surface area contributed by atoms with Crippen LogP contribution in [-0.2, 0) is 12.0 Å². The Morgan fingerprint density at radius 1 is 1.20 bits per heavy atom. The zero-order valence-corrected chi connectivity index (χ0v) is 13.6. The molecule has 0 aliphatic carbocycles. The van der Waals surface area contributed by atoms with E-state index in [9.17, 15) is 0 Å². The van der Waals surface area contributed by atoms with E-state index in [0.717, 1.165) is 33.3 Å². The van der Waals surface area contributed by atoms with Crippen LogP contribution in [0.1, 0.15) is 42.6 Å². The first-order chi connectivity index (χ1) is 9.27. The highest BCUT2D eigenvalue weighted by Crippen LogP contribution is 2.27. The molecule has 108 valence electrons. The van der Waals surface area contributed by atoms with Crippen molar-refractivity contribution in [1.29, 1.82) is 0 Å². The molecule has 0 atom stereocenters. The monoisotopic (exact) mass is 290 g/mol. The van der Waals surface area contributed by atoms with Crippen LogP contribution >= 0.6 is 11.3 Å². The summed E-state index contributed by atoms with van der Waals surface area (Å²) in [7, 11) is 0. The second-order valence-corrected chi connectivity index (χ2v) is 7.08. The lowest BCUT2D eigenvalue weighted by Crippen LogP contribution is -2.11. The number of nitrogens with zero attached hydrogens (tertiary/aromatic N) is 1. The maximum atomic E-state index is 5.93. The number of anilines is 1. The molecule has 0 aliphatic rings. The van der Waals surface area contributed by atoms with Gasteiger partial charge in [-0.25, -0.2) is 4.98 Å². The van der Waals surface area contributed by atoms with Crippen LogP contribution in [0.3, 0.4) is 0 Å². The van der Waals surface area contributed by atoms with E-state index in [2.05, 4.69) is 31.1 Å². The Bertz CT molecular complexity index is 611. The highest BCUT2D eigenvalue weighted by atomic mass is 32.1. The molecule has 1 aromatic heterocycles. The van der Waals surface area contributed by atoms with E-state index >= 15 is 0 Å². The predicted molar refractivity (Wildman–Crippen MR) is 85.5 cm³/mol. The fraction of sp³-hybridized carbons (Fsp3) is 0.438. The number of hydrogen-bond acceptors (Lipinski definition) is 4. The molecule has 1 heterocycles. The van der Waals surface area contributed by atoms with Crippen molar-refractivity contribution in [2.24, 2.45) is 0 Å². The van der Waals surface area contributed by atoms with Gasteiger partial charge in [-0.3, -0.25) is 0 Å². The minimum atomic E-state index is 0.0823. The molecule has 0 radical (unpaired) electrons. The highest BCUT2D eigenvalue weighted by Gasteiger charge is 2.17. The third-order valence-electron chi connectivity index (χ3n) is 3.23. The van der Waals surface area contributed by atoms with Crippen molar-refractivity contribution in [1.82, 2.24) is 4.98 Å². The fourth-order valence-electron chi connectivity index (χ4n) is 1.86. The summed E-state index contributed by atoms with van der Waals surface area (Å²) < 4.78 is 5.85. The second-order valence-electron chi connectivity index (χ2n) is 6.14. The Morgan fingerprint density at radius 3 is 2.50 bits per heavy atom. The molecular weight excluding hydrogens is 268 g/mol. The number of thiazole rings is 1. The summed E-state index contributed by atoms with van der Waals surface area (Å²) in [5.41, 5.74) is 10.1. The van der Waals surface area contributed by atoms with Crippen LogP contribution in [0.5, 0.6) is 5.75 Å². The van der Waals surface area contributed by atoms with Crippen LogP contribution in [0.25, 0.3) is 0 Å². The van der Waals surface area contributed by atoms with Gasteiger partial charge < -0.3 is 10.5 Å². The van der Waals surface area contributed by atoms with E-state index in [1.165, 1.54) is 0 Å². The Hall–Kier alpha value is -1.55. The first-order valence-electron chi connectivity index (χ1n) is 6.72. The summed E-state index contributed by atoms with van der Waals surface area (Å²) >= 11 is 1.64. The molecule has 0 aliphatic heterocycles. The summed E-state index contributed by atoms with van der Waals surface area (Å²) in [4.78, 5) is 4.63. The third kappa shape index (κ3) is 3.31. The zero-order valence-electron chi connectivity index (χ0n) is 12.8. The summed E-state index contributed by atoms with van der Waals surface area (Å²) in [6, 6.07) is 3.94. The Labute approximate surface area is 124 Å². The second kappa shape index (κ2) is 5.44. The topological polar surface area (TPSA) is 48.1 Å². The van der Waals surface area contributed by atoms with E-state index in [1.807, 2.05) is 26.0 Å². The summed E-state index contributed by atoms with van der Waals surface area (Å²) in [5.74, 6) is 0.834. The van der Waals surface area contributed by atoms with Crippen molar-refractivity contribution in [2.45, 2.75) is 46.6 Å². The molecule has 0 spiro atoms. The number of nitrogens with two attached hydrogens (primary N) is 1. The largest absolute Gasteiger partial charge is 0.486 e. The number of ether oxygens (including phenoxy) is 1. The summed E-state index contributed by atoms with van der Waals surface area (Å²) in [6.07, 6.45) is 0. The molecule has 0 bridgehead atoms. The SMILES string of the molecule is Cc1cc(C)c(OCc2nc(C(C)(C)C)cs2)cc1N. The average molecular weight is 290 g/mol. The predicted octanol–water partition coefficient (Wildman–Crippen LogP) is 4.22. The summed E-state index contributed by atoms with van der Waals surface area (Å²) in [6.45, 7) is 11.0. The molecule has 2 N–H and O–H groups in total. The number of rotatable bonds is 3. The quantitative estimate of drug-likeness (QED) is 0.861. The van der Waals surface area contributed by atoms with Gasteiger partial charge in [-0.1, -0.05) is 26.8 Å². The minimum Gasteiger partial charge on any atom is -0.486 e. The Balaban J connectivity index is 2.09. The van der Waals surface area contributed by atoms with Crippen molar-refractivity contribution in [3.05, 3.63) is 39.3 Å². The molecule has 2 aromatic rings. The van der Waals surface area contributed by atoms with E-state index < -0.39 is 0 Å². The zero-order chi connectivity index (χ0) is 14.9. The van der Waals surface area contributed by atoms with Gasteiger partial charge in [0.2, 0.25) is 0 Å². The van der Waals surface area contributed by atoms with Crippen LogP contribution in [0.4, 0.5) is 5.69 Å². The van der Waals surface area contributed by atoms with E-state index in [4.69, 9.17) is 10.5 Å². The maximum Gasteiger partial charge on any atom is 0.140 e. The van der Waals surface area contributed by atoms with Gasteiger partial charge >= 0.3 is 0 Å². The molecule has 0 saturated heterocycles. The molecule has 1 aromatic carbocycles. The van der Waals surface area contributed by atoms with Gasteiger partial charge in [0.1, 0.15) is 17.4 Å². The van der Waals surface area contributed by atoms with Gasteiger partial charge in [0.05, 0.1) is 5.69 Å².